The Labute approximate surface area is 180 Å². The van der Waals surface area contributed by atoms with Crippen LogP contribution in [0.25, 0.3) is 0 Å². The maximum Gasteiger partial charge on any atom is 0.416 e. The quantitative estimate of drug-likeness (QED) is 0.625. The first-order valence-corrected chi connectivity index (χ1v) is 11.5. The highest BCUT2D eigenvalue weighted by molar-refractivity contribution is 7.99. The van der Waals surface area contributed by atoms with Gasteiger partial charge in [0.15, 0.2) is 0 Å². The third-order valence-electron chi connectivity index (χ3n) is 6.10. The van der Waals surface area contributed by atoms with E-state index >= 15 is 0 Å². The second-order valence-electron chi connectivity index (χ2n) is 8.12. The van der Waals surface area contributed by atoms with Crippen molar-refractivity contribution in [2.75, 3.05) is 37.6 Å². The number of halogens is 3. The predicted molar refractivity (Wildman–Crippen MR) is 116 cm³/mol. The number of benzene rings is 2. The third kappa shape index (κ3) is 4.79. The number of rotatable bonds is 6. The van der Waals surface area contributed by atoms with Crippen LogP contribution < -0.4 is 10.6 Å². The number of hydrogen-bond donors (Lipinski definition) is 1. The molecule has 0 saturated carbocycles. The highest BCUT2D eigenvalue weighted by Gasteiger charge is 2.33. The van der Waals surface area contributed by atoms with Crippen LogP contribution in [0.1, 0.15) is 31.2 Å². The molecule has 1 saturated heterocycles. The minimum Gasteiger partial charge on any atom is -0.340 e. The largest absolute Gasteiger partial charge is 0.416 e. The third-order valence-corrected chi connectivity index (χ3v) is 7.23. The molecular formula is C23H28F3N3S. The first kappa shape index (κ1) is 21.5. The summed E-state index contributed by atoms with van der Waals surface area (Å²) in [6, 6.07) is 12.1. The number of likely N-dealkylation sites (tertiary alicyclic amines) is 1. The summed E-state index contributed by atoms with van der Waals surface area (Å²) >= 11 is 1.55. The van der Waals surface area contributed by atoms with E-state index in [1.54, 1.807) is 17.8 Å². The van der Waals surface area contributed by atoms with E-state index < -0.39 is 11.7 Å². The number of anilines is 2. The van der Waals surface area contributed by atoms with Crippen molar-refractivity contribution in [3.8, 4) is 0 Å². The first-order chi connectivity index (χ1) is 14.5. The summed E-state index contributed by atoms with van der Waals surface area (Å²) in [6.07, 6.45) is 0.106. The molecule has 0 atom stereocenters. The van der Waals surface area contributed by atoms with Gasteiger partial charge in [-0.3, -0.25) is 0 Å². The normalized spacial score (nSPS) is 17.7. The highest BCUT2D eigenvalue weighted by atomic mass is 32.2. The van der Waals surface area contributed by atoms with Crippen LogP contribution in [0.4, 0.5) is 24.5 Å². The Balaban J connectivity index is 1.47. The lowest BCUT2D eigenvalue weighted by Gasteiger charge is -2.35. The smallest absolute Gasteiger partial charge is 0.340 e. The fourth-order valence-electron chi connectivity index (χ4n) is 4.47. The van der Waals surface area contributed by atoms with Gasteiger partial charge in [0, 0.05) is 29.4 Å². The van der Waals surface area contributed by atoms with E-state index in [0.29, 0.717) is 18.2 Å². The zero-order valence-electron chi connectivity index (χ0n) is 17.0. The molecule has 0 unspecified atom stereocenters. The van der Waals surface area contributed by atoms with E-state index in [4.69, 9.17) is 5.73 Å². The van der Waals surface area contributed by atoms with Crippen LogP contribution in [-0.4, -0.2) is 37.6 Å². The minimum absolute atomic E-state index is 0.585. The van der Waals surface area contributed by atoms with E-state index in [2.05, 4.69) is 9.80 Å². The maximum absolute atomic E-state index is 13.3. The molecule has 162 valence electrons. The van der Waals surface area contributed by atoms with Crippen molar-refractivity contribution in [2.45, 2.75) is 41.7 Å². The lowest BCUT2D eigenvalue weighted by molar-refractivity contribution is -0.137. The molecule has 4 rings (SSSR count). The molecule has 2 aromatic carbocycles. The van der Waals surface area contributed by atoms with Crippen LogP contribution in [0.3, 0.4) is 0 Å². The molecule has 0 amide bonds. The molecular weight excluding hydrogens is 407 g/mol. The van der Waals surface area contributed by atoms with E-state index in [1.165, 1.54) is 25.0 Å². The van der Waals surface area contributed by atoms with Crippen LogP contribution >= 0.6 is 11.8 Å². The SMILES string of the molecule is NCCN1CCC(CCCN2c3ccccc3Sc3ccc(C(F)(F)F)cc32)CC1. The lowest BCUT2D eigenvalue weighted by Crippen LogP contribution is -2.37. The van der Waals surface area contributed by atoms with Gasteiger partial charge in [0.2, 0.25) is 0 Å². The molecule has 0 bridgehead atoms. The molecule has 2 aromatic rings. The molecule has 30 heavy (non-hydrogen) atoms. The van der Waals surface area contributed by atoms with Crippen molar-refractivity contribution in [1.82, 2.24) is 4.90 Å². The van der Waals surface area contributed by atoms with Gasteiger partial charge in [0.25, 0.3) is 0 Å². The minimum atomic E-state index is -4.33. The fourth-order valence-corrected chi connectivity index (χ4v) is 5.54. The molecule has 2 aliphatic heterocycles. The zero-order valence-corrected chi connectivity index (χ0v) is 17.8. The summed E-state index contributed by atoms with van der Waals surface area (Å²) in [6.45, 7) is 4.60. The Morgan fingerprint density at radius 3 is 2.43 bits per heavy atom. The topological polar surface area (TPSA) is 32.5 Å². The van der Waals surface area contributed by atoms with Gasteiger partial charge in [0.1, 0.15) is 0 Å². The fraction of sp³-hybridized carbons (Fsp3) is 0.478. The van der Waals surface area contributed by atoms with Gasteiger partial charge >= 0.3 is 6.18 Å². The number of nitrogens with two attached hydrogens (primary N) is 1. The second-order valence-corrected chi connectivity index (χ2v) is 9.20. The lowest BCUT2D eigenvalue weighted by atomic mass is 9.92. The van der Waals surface area contributed by atoms with Gasteiger partial charge in [-0.2, -0.15) is 13.2 Å². The molecule has 3 nitrogen and oxygen atoms in total. The van der Waals surface area contributed by atoms with Crippen molar-refractivity contribution < 1.29 is 13.2 Å². The monoisotopic (exact) mass is 435 g/mol. The number of piperidine rings is 1. The van der Waals surface area contributed by atoms with Gasteiger partial charge in [-0.25, -0.2) is 0 Å². The van der Waals surface area contributed by atoms with Crippen LogP contribution in [0.15, 0.2) is 52.3 Å². The summed E-state index contributed by atoms with van der Waals surface area (Å²) in [5.41, 5.74) is 6.75. The van der Waals surface area contributed by atoms with Gasteiger partial charge < -0.3 is 15.5 Å². The number of para-hydroxylation sites is 1. The summed E-state index contributed by atoms with van der Waals surface area (Å²) < 4.78 is 40.0. The Bertz CT molecular complexity index is 863. The van der Waals surface area contributed by atoms with Crippen LogP contribution in [0, 0.1) is 5.92 Å². The average molecular weight is 436 g/mol. The van der Waals surface area contributed by atoms with Crippen molar-refractivity contribution in [2.24, 2.45) is 11.7 Å². The average Bonchev–Trinajstić information content (AvgIpc) is 2.73. The van der Waals surface area contributed by atoms with Gasteiger partial charge in [-0.15, -0.1) is 0 Å². The number of fused-ring (bicyclic) bond motifs is 2. The Kier molecular flexibility index (Phi) is 6.60. The molecule has 2 heterocycles. The van der Waals surface area contributed by atoms with Gasteiger partial charge in [0.05, 0.1) is 16.9 Å². The number of nitrogens with zero attached hydrogens (tertiary/aromatic N) is 2. The van der Waals surface area contributed by atoms with E-state index in [1.807, 2.05) is 24.3 Å². The van der Waals surface area contributed by atoms with Crippen LogP contribution in [0.2, 0.25) is 0 Å². The molecule has 0 spiro atoms. The van der Waals surface area contributed by atoms with Crippen molar-refractivity contribution in [1.29, 1.82) is 0 Å². The van der Waals surface area contributed by atoms with Crippen LogP contribution in [0.5, 0.6) is 0 Å². The summed E-state index contributed by atoms with van der Waals surface area (Å²) in [7, 11) is 0. The molecule has 0 radical (unpaired) electrons. The zero-order chi connectivity index (χ0) is 21.1. The molecule has 2 N–H and O–H groups in total. The summed E-state index contributed by atoms with van der Waals surface area (Å²) in [4.78, 5) is 6.49. The predicted octanol–water partition coefficient (Wildman–Crippen LogP) is 5.76. The van der Waals surface area contributed by atoms with Crippen molar-refractivity contribution in [3.05, 3.63) is 48.0 Å². The van der Waals surface area contributed by atoms with E-state index in [9.17, 15) is 13.2 Å². The van der Waals surface area contributed by atoms with Crippen molar-refractivity contribution in [3.63, 3.8) is 0 Å². The second kappa shape index (κ2) is 9.20. The van der Waals surface area contributed by atoms with Crippen LogP contribution in [-0.2, 0) is 6.18 Å². The number of alkyl halides is 3. The van der Waals surface area contributed by atoms with E-state index in [0.717, 1.165) is 54.5 Å². The molecule has 1 fully saturated rings. The van der Waals surface area contributed by atoms with Gasteiger partial charge in [-0.1, -0.05) is 23.9 Å². The first-order valence-electron chi connectivity index (χ1n) is 10.6. The summed E-state index contributed by atoms with van der Waals surface area (Å²) in [5.74, 6) is 0.689. The molecule has 2 aliphatic rings. The summed E-state index contributed by atoms with van der Waals surface area (Å²) in [5, 5.41) is 0. The van der Waals surface area contributed by atoms with Gasteiger partial charge in [-0.05, 0) is 75.0 Å². The Morgan fingerprint density at radius 1 is 0.967 bits per heavy atom. The Hall–Kier alpha value is -1.70. The standard InChI is InChI=1S/C23H28F3N3S/c24-23(25,26)18-7-8-22-20(16-18)29(19-5-1-2-6-21(19)30-22)12-3-4-17-9-13-28(14-10-17)15-11-27/h1-2,5-8,16-17H,3-4,9-15,27H2. The molecule has 0 aromatic heterocycles. The molecule has 0 aliphatic carbocycles. The Morgan fingerprint density at radius 2 is 1.70 bits per heavy atom. The highest BCUT2D eigenvalue weighted by Crippen LogP contribution is 2.49. The maximum atomic E-state index is 13.3. The number of hydrogen-bond acceptors (Lipinski definition) is 4. The molecule has 7 heteroatoms. The van der Waals surface area contributed by atoms with E-state index in [-0.39, 0.29) is 0 Å². The van der Waals surface area contributed by atoms with Crippen molar-refractivity contribution >= 4 is 23.1 Å².